The van der Waals surface area contributed by atoms with Crippen LogP contribution < -0.4 is 10.9 Å². The Morgan fingerprint density at radius 3 is 2.70 bits per heavy atom. The molecule has 0 saturated heterocycles. The van der Waals surface area contributed by atoms with Crippen molar-refractivity contribution in [2.24, 2.45) is 0 Å². The van der Waals surface area contributed by atoms with Gasteiger partial charge in [-0.3, -0.25) is 9.36 Å². The number of aryl methyl sites for hydroxylation is 1. The van der Waals surface area contributed by atoms with Gasteiger partial charge in [0.25, 0.3) is 5.56 Å². The van der Waals surface area contributed by atoms with Gasteiger partial charge in [-0.1, -0.05) is 18.2 Å². The van der Waals surface area contributed by atoms with E-state index < -0.39 is 0 Å². The molecular formula is C17H14N4OS. The molecule has 0 bridgehead atoms. The Balaban J connectivity index is 2.15. The van der Waals surface area contributed by atoms with Crippen molar-refractivity contribution in [1.82, 2.24) is 14.5 Å². The summed E-state index contributed by atoms with van der Waals surface area (Å²) in [4.78, 5) is 22.9. The molecule has 6 heteroatoms. The third kappa shape index (κ3) is 2.03. The molecule has 23 heavy (non-hydrogen) atoms. The van der Waals surface area contributed by atoms with Crippen molar-refractivity contribution < 1.29 is 0 Å². The third-order valence-electron chi connectivity index (χ3n) is 3.85. The zero-order valence-electron chi connectivity index (χ0n) is 12.7. The standard InChI is InChI=1S/C17H14N4OS/c1-10-20-14-13-12(18-2)8-9-19-16(13)23-15(14)17(22)21(10)11-6-4-3-5-7-11/h3-9H,1-2H3,(H,18,19). The Morgan fingerprint density at radius 2 is 1.96 bits per heavy atom. The topological polar surface area (TPSA) is 59.8 Å². The molecule has 0 aliphatic heterocycles. The van der Waals surface area contributed by atoms with Gasteiger partial charge in [-0.15, -0.1) is 11.3 Å². The summed E-state index contributed by atoms with van der Waals surface area (Å²) >= 11 is 1.39. The van der Waals surface area contributed by atoms with Crippen LogP contribution in [0.25, 0.3) is 26.1 Å². The van der Waals surface area contributed by atoms with Crippen molar-refractivity contribution in [3.05, 3.63) is 58.8 Å². The van der Waals surface area contributed by atoms with Crippen LogP contribution in [0.15, 0.2) is 47.4 Å². The predicted molar refractivity (Wildman–Crippen MR) is 94.8 cm³/mol. The second kappa shape index (κ2) is 5.17. The number of pyridine rings is 1. The van der Waals surface area contributed by atoms with E-state index in [2.05, 4.69) is 10.3 Å². The molecular weight excluding hydrogens is 308 g/mol. The van der Waals surface area contributed by atoms with Crippen molar-refractivity contribution in [2.45, 2.75) is 6.92 Å². The Bertz CT molecular complexity index is 1080. The Hall–Kier alpha value is -2.73. The number of nitrogens with one attached hydrogen (secondary N) is 1. The molecule has 1 N–H and O–H groups in total. The molecule has 0 fully saturated rings. The molecule has 3 aromatic heterocycles. The third-order valence-corrected chi connectivity index (χ3v) is 4.92. The highest BCUT2D eigenvalue weighted by Crippen LogP contribution is 2.34. The molecule has 0 radical (unpaired) electrons. The van der Waals surface area contributed by atoms with E-state index in [1.807, 2.05) is 50.4 Å². The van der Waals surface area contributed by atoms with Gasteiger partial charge in [0.1, 0.15) is 20.9 Å². The highest BCUT2D eigenvalue weighted by molar-refractivity contribution is 7.25. The second-order valence-electron chi connectivity index (χ2n) is 5.20. The number of rotatable bonds is 2. The minimum Gasteiger partial charge on any atom is -0.387 e. The summed E-state index contributed by atoms with van der Waals surface area (Å²) in [5.74, 6) is 0.666. The van der Waals surface area contributed by atoms with E-state index in [1.165, 1.54) is 11.3 Å². The Kier molecular flexibility index (Phi) is 3.12. The van der Waals surface area contributed by atoms with Crippen molar-refractivity contribution in [3.8, 4) is 5.69 Å². The quantitative estimate of drug-likeness (QED) is 0.615. The van der Waals surface area contributed by atoms with Crippen molar-refractivity contribution in [1.29, 1.82) is 0 Å². The first-order valence-electron chi connectivity index (χ1n) is 7.24. The zero-order valence-corrected chi connectivity index (χ0v) is 13.5. The fourth-order valence-electron chi connectivity index (χ4n) is 2.81. The lowest BCUT2D eigenvalue weighted by atomic mass is 10.2. The molecule has 0 saturated carbocycles. The van der Waals surface area contributed by atoms with Gasteiger partial charge in [-0.25, -0.2) is 9.97 Å². The van der Waals surface area contributed by atoms with Gasteiger partial charge in [0, 0.05) is 18.9 Å². The number of anilines is 1. The number of hydrogen-bond donors (Lipinski definition) is 1. The number of para-hydroxylation sites is 1. The largest absolute Gasteiger partial charge is 0.387 e. The molecule has 5 nitrogen and oxygen atoms in total. The average Bonchev–Trinajstić information content (AvgIpc) is 2.95. The maximum atomic E-state index is 13.0. The van der Waals surface area contributed by atoms with Gasteiger partial charge in [0.15, 0.2) is 0 Å². The van der Waals surface area contributed by atoms with E-state index in [1.54, 1.807) is 10.8 Å². The molecule has 0 aliphatic rings. The molecule has 114 valence electrons. The molecule has 0 spiro atoms. The molecule has 0 unspecified atom stereocenters. The van der Waals surface area contributed by atoms with Gasteiger partial charge in [0.2, 0.25) is 0 Å². The monoisotopic (exact) mass is 322 g/mol. The number of nitrogens with zero attached hydrogens (tertiary/aromatic N) is 3. The summed E-state index contributed by atoms with van der Waals surface area (Å²) in [7, 11) is 1.86. The first kappa shape index (κ1) is 13.9. The normalized spacial score (nSPS) is 11.2. The van der Waals surface area contributed by atoms with Crippen molar-refractivity contribution in [2.75, 3.05) is 12.4 Å². The van der Waals surface area contributed by atoms with E-state index in [0.717, 1.165) is 27.1 Å². The summed E-state index contributed by atoms with van der Waals surface area (Å²) in [6.45, 7) is 1.85. The number of hydrogen-bond acceptors (Lipinski definition) is 5. The highest BCUT2D eigenvalue weighted by atomic mass is 32.1. The number of thiophene rings is 1. The molecule has 4 rings (SSSR count). The van der Waals surface area contributed by atoms with Crippen molar-refractivity contribution in [3.63, 3.8) is 0 Å². The van der Waals surface area contributed by atoms with Crippen LogP contribution in [0.2, 0.25) is 0 Å². The summed E-state index contributed by atoms with van der Waals surface area (Å²) < 4.78 is 2.28. The summed E-state index contributed by atoms with van der Waals surface area (Å²) in [6, 6.07) is 11.5. The first-order valence-corrected chi connectivity index (χ1v) is 8.06. The fraction of sp³-hybridized carbons (Fsp3) is 0.118. The highest BCUT2D eigenvalue weighted by Gasteiger charge is 2.17. The van der Waals surface area contributed by atoms with E-state index in [0.29, 0.717) is 10.5 Å². The van der Waals surface area contributed by atoms with Crippen LogP contribution in [-0.4, -0.2) is 21.6 Å². The smallest absolute Gasteiger partial charge is 0.276 e. The lowest BCUT2D eigenvalue weighted by Crippen LogP contribution is -2.21. The van der Waals surface area contributed by atoms with Crippen LogP contribution in [0.5, 0.6) is 0 Å². The van der Waals surface area contributed by atoms with Gasteiger partial charge in [-0.05, 0) is 25.1 Å². The van der Waals surface area contributed by atoms with Crippen LogP contribution in [-0.2, 0) is 0 Å². The Labute approximate surface area is 136 Å². The lowest BCUT2D eigenvalue weighted by Gasteiger charge is -2.09. The maximum absolute atomic E-state index is 13.0. The minimum atomic E-state index is -0.0521. The minimum absolute atomic E-state index is 0.0521. The van der Waals surface area contributed by atoms with E-state index in [9.17, 15) is 4.79 Å². The fourth-order valence-corrected chi connectivity index (χ4v) is 3.85. The van der Waals surface area contributed by atoms with E-state index in [4.69, 9.17) is 4.98 Å². The summed E-state index contributed by atoms with van der Waals surface area (Å²) in [5.41, 5.74) is 2.43. The lowest BCUT2D eigenvalue weighted by molar-refractivity contribution is 0.898. The summed E-state index contributed by atoms with van der Waals surface area (Å²) in [5, 5.41) is 4.06. The van der Waals surface area contributed by atoms with E-state index in [-0.39, 0.29) is 5.56 Å². The number of benzene rings is 1. The van der Waals surface area contributed by atoms with Crippen LogP contribution in [0, 0.1) is 6.92 Å². The number of fused-ring (bicyclic) bond motifs is 3. The predicted octanol–water partition coefficient (Wildman–Crippen LogP) is 3.35. The molecule has 0 atom stereocenters. The van der Waals surface area contributed by atoms with E-state index >= 15 is 0 Å². The van der Waals surface area contributed by atoms with Crippen LogP contribution in [0.1, 0.15) is 5.82 Å². The molecule has 3 heterocycles. The van der Waals surface area contributed by atoms with Crippen molar-refractivity contribution >= 4 is 37.5 Å². The maximum Gasteiger partial charge on any atom is 0.276 e. The molecule has 0 aliphatic carbocycles. The van der Waals surface area contributed by atoms with Gasteiger partial charge in [0.05, 0.1) is 11.1 Å². The molecule has 1 aromatic carbocycles. The number of aromatic nitrogens is 3. The Morgan fingerprint density at radius 1 is 1.17 bits per heavy atom. The average molecular weight is 322 g/mol. The zero-order chi connectivity index (χ0) is 16.0. The molecule has 4 aromatic rings. The van der Waals surface area contributed by atoms with Crippen LogP contribution in [0.4, 0.5) is 5.69 Å². The SMILES string of the molecule is CNc1ccnc2sc3c(=O)n(-c4ccccc4)c(C)nc3c12. The summed E-state index contributed by atoms with van der Waals surface area (Å²) in [6.07, 6.45) is 1.74. The van der Waals surface area contributed by atoms with Gasteiger partial charge in [-0.2, -0.15) is 0 Å². The van der Waals surface area contributed by atoms with Crippen LogP contribution >= 0.6 is 11.3 Å². The second-order valence-corrected chi connectivity index (χ2v) is 6.20. The van der Waals surface area contributed by atoms with Gasteiger partial charge < -0.3 is 5.32 Å². The molecule has 0 amide bonds. The first-order chi connectivity index (χ1) is 11.2. The van der Waals surface area contributed by atoms with Crippen LogP contribution in [0.3, 0.4) is 0 Å². The van der Waals surface area contributed by atoms with Gasteiger partial charge >= 0.3 is 0 Å².